The minimum Gasteiger partial charge on any atom is -0.463 e. The van der Waals surface area contributed by atoms with Gasteiger partial charge >= 0.3 is 11.9 Å². The highest BCUT2D eigenvalue weighted by molar-refractivity contribution is 5.66. The highest BCUT2D eigenvalue weighted by atomic mass is 16.7. The van der Waals surface area contributed by atoms with Crippen molar-refractivity contribution in [3.63, 3.8) is 0 Å². The van der Waals surface area contributed by atoms with E-state index < -0.39 is 30.4 Å². The van der Waals surface area contributed by atoms with Crippen molar-refractivity contribution in [2.24, 2.45) is 0 Å². The smallest absolute Gasteiger partial charge is 0.303 e. The molecule has 0 spiro atoms. The van der Waals surface area contributed by atoms with Crippen LogP contribution in [-0.2, 0) is 28.5 Å². The molecule has 3 atom stereocenters. The molecule has 0 N–H and O–H groups in total. The number of rotatable bonds is 5. The third-order valence-electron chi connectivity index (χ3n) is 3.26. The maximum atomic E-state index is 11.1. The first-order valence-corrected chi connectivity index (χ1v) is 6.84. The van der Waals surface area contributed by atoms with Crippen LogP contribution in [0.1, 0.15) is 33.1 Å². The van der Waals surface area contributed by atoms with Crippen LogP contribution in [0.15, 0.2) is 12.2 Å². The van der Waals surface area contributed by atoms with Crippen LogP contribution in [0.3, 0.4) is 0 Å². The monoisotopic (exact) mass is 284 g/mol. The van der Waals surface area contributed by atoms with Gasteiger partial charge in [-0.1, -0.05) is 0 Å². The summed E-state index contributed by atoms with van der Waals surface area (Å²) in [6, 6.07) is 0. The summed E-state index contributed by atoms with van der Waals surface area (Å²) in [5, 5.41) is 0. The number of hydrogen-bond acceptors (Lipinski definition) is 6. The molecule has 0 bridgehead atoms. The predicted molar refractivity (Wildman–Crippen MR) is 68.7 cm³/mol. The Balaban J connectivity index is 1.92. The summed E-state index contributed by atoms with van der Waals surface area (Å²) in [4.78, 5) is 22.0. The SMILES string of the molecule is CC(=O)OC[C@H]1O[C@H](OC2CCC2)C=C[C@@H]1OC(C)=O. The topological polar surface area (TPSA) is 71.1 Å². The number of ether oxygens (including phenoxy) is 4. The lowest BCUT2D eigenvalue weighted by molar-refractivity contribution is -0.217. The average molecular weight is 284 g/mol. The average Bonchev–Trinajstić information content (AvgIpc) is 2.32. The lowest BCUT2D eigenvalue weighted by atomic mass is 9.96. The second kappa shape index (κ2) is 6.85. The van der Waals surface area contributed by atoms with Gasteiger partial charge in [-0.15, -0.1) is 0 Å². The van der Waals surface area contributed by atoms with Crippen molar-refractivity contribution in [3.8, 4) is 0 Å². The van der Waals surface area contributed by atoms with Gasteiger partial charge < -0.3 is 18.9 Å². The predicted octanol–water partition coefficient (Wildman–Crippen LogP) is 1.33. The molecule has 0 amide bonds. The van der Waals surface area contributed by atoms with E-state index in [-0.39, 0.29) is 12.7 Å². The van der Waals surface area contributed by atoms with Gasteiger partial charge in [0.1, 0.15) is 18.8 Å². The first-order chi connectivity index (χ1) is 9.54. The van der Waals surface area contributed by atoms with E-state index >= 15 is 0 Å². The molecule has 6 heteroatoms. The molecule has 6 nitrogen and oxygen atoms in total. The minimum atomic E-state index is -0.562. The van der Waals surface area contributed by atoms with Gasteiger partial charge in [0, 0.05) is 13.8 Å². The van der Waals surface area contributed by atoms with Gasteiger partial charge in [0.25, 0.3) is 0 Å². The summed E-state index contributed by atoms with van der Waals surface area (Å²) in [6.45, 7) is 2.68. The Morgan fingerprint density at radius 2 is 1.95 bits per heavy atom. The third kappa shape index (κ3) is 4.31. The summed E-state index contributed by atoms with van der Waals surface area (Å²) in [6.07, 6.45) is 5.35. The van der Waals surface area contributed by atoms with Gasteiger partial charge in [-0.25, -0.2) is 0 Å². The van der Waals surface area contributed by atoms with Crippen molar-refractivity contribution in [2.75, 3.05) is 6.61 Å². The van der Waals surface area contributed by atoms with Crippen LogP contribution in [0, 0.1) is 0 Å². The molecule has 2 rings (SSSR count). The van der Waals surface area contributed by atoms with Crippen molar-refractivity contribution in [3.05, 3.63) is 12.2 Å². The largest absolute Gasteiger partial charge is 0.463 e. The highest BCUT2D eigenvalue weighted by Crippen LogP contribution is 2.26. The number of hydrogen-bond donors (Lipinski definition) is 0. The fourth-order valence-corrected chi connectivity index (χ4v) is 2.03. The summed E-state index contributed by atoms with van der Waals surface area (Å²) in [5.41, 5.74) is 0. The van der Waals surface area contributed by atoms with Crippen LogP contribution in [-0.4, -0.2) is 43.1 Å². The van der Waals surface area contributed by atoms with Crippen molar-refractivity contribution in [1.29, 1.82) is 0 Å². The number of carbonyl (C=O) groups excluding carboxylic acids is 2. The number of carbonyl (C=O) groups is 2. The molecule has 112 valence electrons. The van der Waals surface area contributed by atoms with Gasteiger partial charge in [0.2, 0.25) is 0 Å². The zero-order valence-electron chi connectivity index (χ0n) is 11.7. The minimum absolute atomic E-state index is 0.0299. The molecule has 2 aliphatic rings. The quantitative estimate of drug-likeness (QED) is 0.560. The van der Waals surface area contributed by atoms with E-state index in [0.717, 1.165) is 12.8 Å². The maximum Gasteiger partial charge on any atom is 0.303 e. The molecule has 1 aliphatic heterocycles. The molecule has 1 saturated carbocycles. The molecule has 0 unspecified atom stereocenters. The highest BCUT2D eigenvalue weighted by Gasteiger charge is 2.32. The zero-order chi connectivity index (χ0) is 14.5. The first kappa shape index (κ1) is 15.0. The molecule has 0 aromatic rings. The zero-order valence-corrected chi connectivity index (χ0v) is 11.7. The Bertz CT molecular complexity index is 387. The molecule has 1 heterocycles. The first-order valence-electron chi connectivity index (χ1n) is 6.84. The van der Waals surface area contributed by atoms with E-state index in [1.807, 2.05) is 0 Å². The molecule has 20 heavy (non-hydrogen) atoms. The summed E-state index contributed by atoms with van der Waals surface area (Å²) < 4.78 is 21.5. The second-order valence-corrected chi connectivity index (χ2v) is 4.99. The Hall–Kier alpha value is -1.40. The van der Waals surface area contributed by atoms with Crippen molar-refractivity contribution >= 4 is 11.9 Å². The fourth-order valence-electron chi connectivity index (χ4n) is 2.03. The normalized spacial score (nSPS) is 29.6. The van der Waals surface area contributed by atoms with Crippen LogP contribution >= 0.6 is 0 Å². The molecule has 1 fully saturated rings. The van der Waals surface area contributed by atoms with Crippen molar-refractivity contribution < 1.29 is 28.5 Å². The van der Waals surface area contributed by atoms with Crippen LogP contribution in [0.25, 0.3) is 0 Å². The summed E-state index contributed by atoms with van der Waals surface area (Å²) in [5.74, 6) is -0.810. The molecular weight excluding hydrogens is 264 g/mol. The molecule has 0 radical (unpaired) electrons. The standard InChI is InChI=1S/C14H20O6/c1-9(15)17-8-13-12(18-10(2)16)6-7-14(20-13)19-11-4-3-5-11/h6-7,11-14H,3-5,8H2,1-2H3/t12-,13+,14-/m0/s1. The van der Waals surface area contributed by atoms with Crippen LogP contribution in [0.2, 0.25) is 0 Å². The van der Waals surface area contributed by atoms with Crippen molar-refractivity contribution in [2.45, 2.75) is 57.7 Å². The Morgan fingerprint density at radius 1 is 1.20 bits per heavy atom. The van der Waals surface area contributed by atoms with Gasteiger partial charge in [-0.05, 0) is 31.4 Å². The van der Waals surface area contributed by atoms with E-state index in [4.69, 9.17) is 18.9 Å². The summed E-state index contributed by atoms with van der Waals surface area (Å²) in [7, 11) is 0. The van der Waals surface area contributed by atoms with E-state index in [0.29, 0.717) is 0 Å². The fraction of sp³-hybridized carbons (Fsp3) is 0.714. The molecular formula is C14H20O6. The van der Waals surface area contributed by atoms with E-state index in [9.17, 15) is 9.59 Å². The molecule has 0 saturated heterocycles. The maximum absolute atomic E-state index is 11.1. The molecule has 0 aromatic heterocycles. The Morgan fingerprint density at radius 3 is 2.50 bits per heavy atom. The van der Waals surface area contributed by atoms with Crippen molar-refractivity contribution in [1.82, 2.24) is 0 Å². The van der Waals surface area contributed by atoms with Gasteiger partial charge in [-0.3, -0.25) is 9.59 Å². The lowest BCUT2D eigenvalue weighted by Gasteiger charge is -2.35. The third-order valence-corrected chi connectivity index (χ3v) is 3.26. The van der Waals surface area contributed by atoms with Crippen LogP contribution in [0.4, 0.5) is 0 Å². The van der Waals surface area contributed by atoms with E-state index in [1.54, 1.807) is 12.2 Å². The van der Waals surface area contributed by atoms with E-state index in [2.05, 4.69) is 0 Å². The van der Waals surface area contributed by atoms with Gasteiger partial charge in [0.15, 0.2) is 6.29 Å². The van der Waals surface area contributed by atoms with Crippen LogP contribution in [0.5, 0.6) is 0 Å². The van der Waals surface area contributed by atoms with Gasteiger partial charge in [-0.2, -0.15) is 0 Å². The Labute approximate surface area is 118 Å². The van der Waals surface area contributed by atoms with E-state index in [1.165, 1.54) is 20.3 Å². The number of esters is 2. The summed E-state index contributed by atoms with van der Waals surface area (Å²) >= 11 is 0. The Kier molecular flexibility index (Phi) is 5.14. The van der Waals surface area contributed by atoms with Crippen LogP contribution < -0.4 is 0 Å². The lowest BCUT2D eigenvalue weighted by Crippen LogP contribution is -2.43. The molecule has 1 aliphatic carbocycles. The second-order valence-electron chi connectivity index (χ2n) is 4.99. The molecule has 0 aromatic carbocycles. The van der Waals surface area contributed by atoms with Gasteiger partial charge in [0.05, 0.1) is 6.10 Å².